The molecule has 1 aliphatic rings. The largest absolute Gasteiger partial charge is 0.366 e. The van der Waals surface area contributed by atoms with Crippen molar-refractivity contribution >= 4 is 27.2 Å². The number of aromatic nitrogens is 2. The number of hydrogen-bond acceptors (Lipinski definition) is 6. The summed E-state index contributed by atoms with van der Waals surface area (Å²) < 4.78 is 37.5. The number of hydrogen-bond donors (Lipinski definition) is 2. The van der Waals surface area contributed by atoms with E-state index in [4.69, 9.17) is 0 Å². The number of sulfone groups is 1. The molecule has 0 saturated carbocycles. The fraction of sp³-hybridized carbons (Fsp3) is 0.200. The lowest BCUT2D eigenvalue weighted by Gasteiger charge is -2.15. The van der Waals surface area contributed by atoms with E-state index >= 15 is 0 Å². The van der Waals surface area contributed by atoms with Crippen LogP contribution in [-0.2, 0) is 9.84 Å². The molecule has 1 unspecified atom stereocenters. The summed E-state index contributed by atoms with van der Waals surface area (Å²) in [4.78, 5) is 9.02. The summed E-state index contributed by atoms with van der Waals surface area (Å²) in [5.74, 6) is 1.23. The van der Waals surface area contributed by atoms with E-state index in [0.717, 1.165) is 5.56 Å². The van der Waals surface area contributed by atoms with Crippen LogP contribution >= 0.6 is 0 Å². The minimum absolute atomic E-state index is 0.0771. The molecule has 2 aromatic carbocycles. The monoisotopic (exact) mass is 398 g/mol. The Morgan fingerprint density at radius 3 is 2.39 bits per heavy atom. The molecule has 1 fully saturated rings. The molecule has 0 bridgehead atoms. The van der Waals surface area contributed by atoms with Crippen molar-refractivity contribution in [1.29, 1.82) is 0 Å². The number of rotatable bonds is 5. The first-order valence-electron chi connectivity index (χ1n) is 8.91. The predicted molar refractivity (Wildman–Crippen MR) is 108 cm³/mol. The SMILES string of the molecule is O=S1(=O)CCC(Nc2cc(Nc3ccccc3F)nc(-c3ccccc3)n2)C1. The highest BCUT2D eigenvalue weighted by atomic mass is 32.2. The van der Waals surface area contributed by atoms with E-state index in [1.165, 1.54) is 6.07 Å². The van der Waals surface area contributed by atoms with Crippen LogP contribution in [0.25, 0.3) is 11.4 Å². The molecule has 6 nitrogen and oxygen atoms in total. The molecule has 1 aromatic heterocycles. The smallest absolute Gasteiger partial charge is 0.163 e. The Morgan fingerprint density at radius 2 is 1.68 bits per heavy atom. The number of benzene rings is 2. The van der Waals surface area contributed by atoms with E-state index < -0.39 is 15.7 Å². The number of halogens is 1. The van der Waals surface area contributed by atoms with Crippen molar-refractivity contribution in [2.24, 2.45) is 0 Å². The number of nitrogens with zero attached hydrogens (tertiary/aromatic N) is 2. The quantitative estimate of drug-likeness (QED) is 0.683. The first-order valence-corrected chi connectivity index (χ1v) is 10.7. The normalized spacial score (nSPS) is 18.0. The molecule has 3 aromatic rings. The van der Waals surface area contributed by atoms with Gasteiger partial charge in [-0.15, -0.1) is 0 Å². The third-order valence-corrected chi connectivity index (χ3v) is 6.25. The van der Waals surface area contributed by atoms with Gasteiger partial charge in [0, 0.05) is 17.7 Å². The average Bonchev–Trinajstić information content (AvgIpc) is 3.02. The molecular weight excluding hydrogens is 379 g/mol. The number of nitrogens with one attached hydrogen (secondary N) is 2. The summed E-state index contributed by atoms with van der Waals surface area (Å²) in [6, 6.07) is 17.2. The van der Waals surface area contributed by atoms with Gasteiger partial charge in [0.05, 0.1) is 17.2 Å². The zero-order valence-corrected chi connectivity index (χ0v) is 15.8. The van der Waals surface area contributed by atoms with Crippen molar-refractivity contribution in [3.8, 4) is 11.4 Å². The van der Waals surface area contributed by atoms with Crippen LogP contribution in [0.2, 0.25) is 0 Å². The van der Waals surface area contributed by atoms with Gasteiger partial charge in [0.1, 0.15) is 17.5 Å². The van der Waals surface area contributed by atoms with Crippen LogP contribution in [0, 0.1) is 5.82 Å². The van der Waals surface area contributed by atoms with Crippen LogP contribution in [0.4, 0.5) is 21.7 Å². The molecule has 144 valence electrons. The van der Waals surface area contributed by atoms with Crippen LogP contribution in [0.5, 0.6) is 0 Å². The van der Waals surface area contributed by atoms with E-state index in [1.54, 1.807) is 24.3 Å². The van der Waals surface area contributed by atoms with E-state index in [9.17, 15) is 12.8 Å². The summed E-state index contributed by atoms with van der Waals surface area (Å²) in [5.41, 5.74) is 1.11. The summed E-state index contributed by atoms with van der Waals surface area (Å²) in [6.07, 6.45) is 0.531. The Kier molecular flexibility index (Phi) is 4.95. The highest BCUT2D eigenvalue weighted by molar-refractivity contribution is 7.91. The summed E-state index contributed by atoms with van der Waals surface area (Å²) >= 11 is 0. The molecule has 1 aliphatic heterocycles. The third kappa shape index (κ3) is 4.28. The van der Waals surface area contributed by atoms with Gasteiger partial charge in [-0.2, -0.15) is 0 Å². The second kappa shape index (κ2) is 7.55. The molecule has 8 heteroatoms. The average molecular weight is 398 g/mol. The van der Waals surface area contributed by atoms with E-state index in [2.05, 4.69) is 20.6 Å². The Bertz CT molecular complexity index is 1090. The molecule has 1 saturated heterocycles. The van der Waals surface area contributed by atoms with Gasteiger partial charge in [-0.1, -0.05) is 42.5 Å². The first-order chi connectivity index (χ1) is 13.5. The predicted octanol–water partition coefficient (Wildman–Crippen LogP) is 3.63. The summed E-state index contributed by atoms with van der Waals surface area (Å²) in [7, 11) is -3.01. The van der Waals surface area contributed by atoms with E-state index in [1.807, 2.05) is 30.3 Å². The lowest BCUT2D eigenvalue weighted by molar-refractivity contribution is 0.602. The molecule has 2 heterocycles. The van der Waals surface area contributed by atoms with Crippen molar-refractivity contribution in [3.05, 3.63) is 66.5 Å². The second-order valence-corrected chi connectivity index (χ2v) is 8.91. The Labute approximate surface area is 162 Å². The van der Waals surface area contributed by atoms with Crippen LogP contribution in [-0.4, -0.2) is 35.9 Å². The first kappa shape index (κ1) is 18.4. The fourth-order valence-corrected chi connectivity index (χ4v) is 4.79. The van der Waals surface area contributed by atoms with Gasteiger partial charge in [-0.25, -0.2) is 22.8 Å². The van der Waals surface area contributed by atoms with Crippen molar-refractivity contribution in [1.82, 2.24) is 9.97 Å². The highest BCUT2D eigenvalue weighted by Gasteiger charge is 2.28. The fourth-order valence-electron chi connectivity index (χ4n) is 3.12. The Balaban J connectivity index is 1.68. The van der Waals surface area contributed by atoms with Crippen molar-refractivity contribution in [3.63, 3.8) is 0 Å². The van der Waals surface area contributed by atoms with Crippen LogP contribution < -0.4 is 10.6 Å². The van der Waals surface area contributed by atoms with Gasteiger partial charge in [0.15, 0.2) is 15.7 Å². The van der Waals surface area contributed by atoms with E-state index in [-0.39, 0.29) is 17.5 Å². The maximum atomic E-state index is 14.0. The molecule has 2 N–H and O–H groups in total. The molecule has 0 aliphatic carbocycles. The topological polar surface area (TPSA) is 84.0 Å². The molecule has 0 spiro atoms. The molecule has 0 amide bonds. The van der Waals surface area contributed by atoms with Crippen LogP contribution in [0.3, 0.4) is 0 Å². The third-order valence-electron chi connectivity index (χ3n) is 4.48. The zero-order valence-electron chi connectivity index (χ0n) is 15.0. The van der Waals surface area contributed by atoms with Gasteiger partial charge in [-0.05, 0) is 18.6 Å². The van der Waals surface area contributed by atoms with Crippen molar-refractivity contribution in [2.45, 2.75) is 12.5 Å². The maximum absolute atomic E-state index is 14.0. The number of para-hydroxylation sites is 1. The lowest BCUT2D eigenvalue weighted by Crippen LogP contribution is -2.21. The van der Waals surface area contributed by atoms with Gasteiger partial charge in [0.25, 0.3) is 0 Å². The lowest BCUT2D eigenvalue weighted by atomic mass is 10.2. The minimum Gasteiger partial charge on any atom is -0.366 e. The van der Waals surface area contributed by atoms with Gasteiger partial charge in [0.2, 0.25) is 0 Å². The maximum Gasteiger partial charge on any atom is 0.163 e. The molecular formula is C20H19FN4O2S. The molecule has 0 radical (unpaired) electrons. The van der Waals surface area contributed by atoms with Gasteiger partial charge < -0.3 is 10.6 Å². The van der Waals surface area contributed by atoms with Gasteiger partial charge in [-0.3, -0.25) is 0 Å². The highest BCUT2D eigenvalue weighted by Crippen LogP contribution is 2.25. The minimum atomic E-state index is -3.01. The summed E-state index contributed by atoms with van der Waals surface area (Å²) in [6.45, 7) is 0. The standard InChI is InChI=1S/C20H19FN4O2S/c21-16-8-4-5-9-17(16)23-19-12-18(22-15-10-11-28(26,27)13-15)24-20(25-19)14-6-2-1-3-7-14/h1-9,12,15H,10-11,13H2,(H2,22,23,24,25). The zero-order chi connectivity index (χ0) is 19.6. The molecule has 4 rings (SSSR count). The van der Waals surface area contributed by atoms with Crippen molar-refractivity contribution < 1.29 is 12.8 Å². The summed E-state index contributed by atoms with van der Waals surface area (Å²) in [5, 5.41) is 6.16. The molecule has 28 heavy (non-hydrogen) atoms. The second-order valence-electron chi connectivity index (χ2n) is 6.68. The van der Waals surface area contributed by atoms with E-state index in [0.29, 0.717) is 29.6 Å². The van der Waals surface area contributed by atoms with Crippen LogP contribution in [0.15, 0.2) is 60.7 Å². The molecule has 1 atom stereocenters. The van der Waals surface area contributed by atoms with Gasteiger partial charge >= 0.3 is 0 Å². The van der Waals surface area contributed by atoms with Crippen molar-refractivity contribution in [2.75, 3.05) is 22.1 Å². The number of anilines is 3. The Morgan fingerprint density at radius 1 is 0.964 bits per heavy atom. The van der Waals surface area contributed by atoms with Crippen LogP contribution in [0.1, 0.15) is 6.42 Å². The Hall–Kier alpha value is -3.00.